The van der Waals surface area contributed by atoms with E-state index in [9.17, 15) is 0 Å². The highest BCUT2D eigenvalue weighted by Gasteiger charge is 2.22. The van der Waals surface area contributed by atoms with Crippen molar-refractivity contribution in [3.8, 4) is 0 Å². The van der Waals surface area contributed by atoms with Gasteiger partial charge in [0.1, 0.15) is 6.61 Å². The fourth-order valence-corrected chi connectivity index (χ4v) is 1.11. The molecule has 0 amide bonds. The van der Waals surface area contributed by atoms with Crippen LogP contribution in [0.2, 0.25) is 0 Å². The highest BCUT2D eigenvalue weighted by atomic mass is 16.7. The van der Waals surface area contributed by atoms with Crippen molar-refractivity contribution in [2.75, 3.05) is 26.3 Å². The van der Waals surface area contributed by atoms with Crippen LogP contribution < -0.4 is 5.32 Å². The van der Waals surface area contributed by atoms with Crippen molar-refractivity contribution in [2.24, 2.45) is 5.10 Å². The van der Waals surface area contributed by atoms with Crippen LogP contribution >= 0.6 is 0 Å². The predicted molar refractivity (Wildman–Crippen MR) is 38.9 cm³/mol. The molecule has 2 aliphatic rings. The van der Waals surface area contributed by atoms with Crippen LogP contribution in [0.5, 0.6) is 0 Å². The normalized spacial score (nSPS) is 31.3. The summed E-state index contributed by atoms with van der Waals surface area (Å²) in [5.74, 6) is 0. The Kier molecular flexibility index (Phi) is 2.02. The summed E-state index contributed by atoms with van der Waals surface area (Å²) in [5.41, 5.74) is 0. The van der Waals surface area contributed by atoms with Gasteiger partial charge in [-0.05, 0) is 0 Å². The second-order valence-electron chi connectivity index (χ2n) is 2.43. The Morgan fingerprint density at radius 3 is 3.27 bits per heavy atom. The monoisotopic (exact) mass is 157 g/mol. The van der Waals surface area contributed by atoms with Crippen LogP contribution in [0.25, 0.3) is 0 Å². The van der Waals surface area contributed by atoms with Crippen molar-refractivity contribution in [3.63, 3.8) is 0 Å². The van der Waals surface area contributed by atoms with Gasteiger partial charge >= 0.3 is 0 Å². The first kappa shape index (κ1) is 7.02. The molecule has 0 radical (unpaired) electrons. The number of nitrogens with one attached hydrogen (secondary N) is 1. The second kappa shape index (κ2) is 3.17. The lowest BCUT2D eigenvalue weighted by Crippen LogP contribution is -2.46. The molecule has 0 aliphatic carbocycles. The molecule has 1 fully saturated rings. The van der Waals surface area contributed by atoms with Crippen LogP contribution in [0, 0.1) is 0 Å². The fourth-order valence-electron chi connectivity index (χ4n) is 1.11. The van der Waals surface area contributed by atoms with Gasteiger partial charge in [0.15, 0.2) is 6.23 Å². The third-order valence-electron chi connectivity index (χ3n) is 1.63. The third kappa shape index (κ3) is 1.50. The molecule has 0 bridgehead atoms. The quantitative estimate of drug-likeness (QED) is 0.539. The van der Waals surface area contributed by atoms with Gasteiger partial charge in [-0.1, -0.05) is 0 Å². The highest BCUT2D eigenvalue weighted by molar-refractivity contribution is 5.58. The zero-order valence-electron chi connectivity index (χ0n) is 6.19. The topological polar surface area (TPSA) is 46.1 Å². The van der Waals surface area contributed by atoms with E-state index < -0.39 is 0 Å². The highest BCUT2D eigenvalue weighted by Crippen LogP contribution is 2.07. The molecule has 2 heterocycles. The number of hydroxylamine groups is 1. The molecule has 2 aliphatic heterocycles. The Morgan fingerprint density at radius 1 is 1.64 bits per heavy atom. The van der Waals surface area contributed by atoms with E-state index in [1.165, 1.54) is 5.17 Å². The van der Waals surface area contributed by atoms with Gasteiger partial charge in [-0.15, -0.1) is 5.17 Å². The largest absolute Gasteiger partial charge is 0.352 e. The lowest BCUT2D eigenvalue weighted by atomic mass is 10.5. The molecule has 2 rings (SSSR count). The van der Waals surface area contributed by atoms with Crippen LogP contribution in [0.4, 0.5) is 0 Å². The molecule has 1 saturated heterocycles. The van der Waals surface area contributed by atoms with Crippen molar-refractivity contribution < 1.29 is 9.57 Å². The molecule has 0 aromatic carbocycles. The van der Waals surface area contributed by atoms with Crippen LogP contribution in [-0.2, 0) is 9.57 Å². The van der Waals surface area contributed by atoms with E-state index in [-0.39, 0.29) is 6.23 Å². The molecule has 1 unspecified atom stereocenters. The summed E-state index contributed by atoms with van der Waals surface area (Å²) < 4.78 is 5.39. The Morgan fingerprint density at radius 2 is 2.64 bits per heavy atom. The summed E-state index contributed by atoms with van der Waals surface area (Å²) in [6, 6.07) is 0. The number of hydrogen-bond donors (Lipinski definition) is 1. The van der Waals surface area contributed by atoms with Gasteiger partial charge < -0.3 is 10.1 Å². The summed E-state index contributed by atoms with van der Waals surface area (Å²) in [4.78, 5) is 5.14. The van der Waals surface area contributed by atoms with E-state index >= 15 is 0 Å². The zero-order valence-corrected chi connectivity index (χ0v) is 6.19. The van der Waals surface area contributed by atoms with Gasteiger partial charge in [-0.3, -0.25) is 0 Å². The molecule has 0 saturated carbocycles. The second-order valence-corrected chi connectivity index (χ2v) is 2.43. The summed E-state index contributed by atoms with van der Waals surface area (Å²) in [5, 5.41) is 8.68. The minimum atomic E-state index is -0.0532. The average molecular weight is 157 g/mol. The van der Waals surface area contributed by atoms with E-state index in [2.05, 4.69) is 10.4 Å². The maximum atomic E-state index is 5.39. The molecule has 5 nitrogen and oxygen atoms in total. The Balaban J connectivity index is 1.87. The number of morpholine rings is 1. The van der Waals surface area contributed by atoms with E-state index in [1.54, 1.807) is 6.21 Å². The molecule has 5 heteroatoms. The van der Waals surface area contributed by atoms with Crippen LogP contribution in [0.1, 0.15) is 0 Å². The first-order valence-corrected chi connectivity index (χ1v) is 3.74. The van der Waals surface area contributed by atoms with E-state index in [0.717, 1.165) is 19.7 Å². The molecule has 0 aromatic rings. The lowest BCUT2D eigenvalue weighted by molar-refractivity contribution is -0.237. The Labute approximate surface area is 64.9 Å². The first-order chi connectivity index (χ1) is 5.47. The van der Waals surface area contributed by atoms with Crippen LogP contribution in [0.15, 0.2) is 5.10 Å². The van der Waals surface area contributed by atoms with E-state index in [0.29, 0.717) is 6.61 Å². The smallest absolute Gasteiger partial charge is 0.185 e. The minimum Gasteiger partial charge on any atom is -0.352 e. The Bertz CT molecular complexity index is 156. The number of nitrogens with zero attached hydrogens (tertiary/aromatic N) is 2. The average Bonchev–Trinajstić information content (AvgIpc) is 2.58. The molecule has 62 valence electrons. The van der Waals surface area contributed by atoms with Gasteiger partial charge in [-0.25, -0.2) is 4.84 Å². The number of rotatable bonds is 1. The molecular weight excluding hydrogens is 146 g/mol. The molecular formula is C6H11N3O2. The van der Waals surface area contributed by atoms with Crippen molar-refractivity contribution >= 4 is 6.21 Å². The molecule has 1 atom stereocenters. The predicted octanol–water partition coefficient (Wildman–Crippen LogP) is -0.835. The van der Waals surface area contributed by atoms with Crippen molar-refractivity contribution in [1.82, 2.24) is 10.5 Å². The molecule has 0 spiro atoms. The summed E-state index contributed by atoms with van der Waals surface area (Å²) in [6.07, 6.45) is 1.67. The number of hydrogen-bond acceptors (Lipinski definition) is 5. The third-order valence-corrected chi connectivity index (χ3v) is 1.63. The lowest BCUT2D eigenvalue weighted by Gasteiger charge is -2.28. The number of hydrazone groups is 1. The Hall–Kier alpha value is -0.650. The summed E-state index contributed by atoms with van der Waals surface area (Å²) in [7, 11) is 0. The maximum absolute atomic E-state index is 5.39. The molecule has 0 aromatic heterocycles. The zero-order chi connectivity index (χ0) is 7.52. The van der Waals surface area contributed by atoms with Crippen LogP contribution in [0.3, 0.4) is 0 Å². The minimum absolute atomic E-state index is 0.0532. The van der Waals surface area contributed by atoms with Gasteiger partial charge in [0.25, 0.3) is 0 Å². The fraction of sp³-hybridized carbons (Fsp3) is 0.833. The van der Waals surface area contributed by atoms with Crippen molar-refractivity contribution in [1.29, 1.82) is 0 Å². The van der Waals surface area contributed by atoms with Crippen molar-refractivity contribution in [2.45, 2.75) is 6.23 Å². The van der Waals surface area contributed by atoms with Gasteiger partial charge in [0.05, 0.1) is 12.8 Å². The van der Waals surface area contributed by atoms with Gasteiger partial charge in [0, 0.05) is 13.1 Å². The molecule has 11 heavy (non-hydrogen) atoms. The van der Waals surface area contributed by atoms with E-state index in [4.69, 9.17) is 9.57 Å². The number of ether oxygens (including phenoxy) is 1. The van der Waals surface area contributed by atoms with Crippen LogP contribution in [-0.4, -0.2) is 43.9 Å². The SMILES string of the molecule is C1=NN(C2CNCCO2)OC1. The van der Waals surface area contributed by atoms with Gasteiger partial charge in [-0.2, -0.15) is 5.10 Å². The first-order valence-electron chi connectivity index (χ1n) is 3.74. The summed E-state index contributed by atoms with van der Waals surface area (Å²) in [6.45, 7) is 2.96. The maximum Gasteiger partial charge on any atom is 0.185 e. The summed E-state index contributed by atoms with van der Waals surface area (Å²) >= 11 is 0. The molecule has 1 N–H and O–H groups in total. The van der Waals surface area contributed by atoms with Crippen molar-refractivity contribution in [3.05, 3.63) is 0 Å². The van der Waals surface area contributed by atoms with Gasteiger partial charge in [0.2, 0.25) is 0 Å². The van der Waals surface area contributed by atoms with E-state index in [1.807, 2.05) is 0 Å². The standard InChI is InChI=1S/C6H11N3O2/c1-3-10-6(5-7-1)9-8-2-4-11-9/h2,6-7H,1,3-5H2.